The number of aromatic nitrogens is 5. The summed E-state index contributed by atoms with van der Waals surface area (Å²) < 4.78 is 0. The number of hydrogen-bond donors (Lipinski definition) is 3. The molecule has 4 aromatic rings. The zero-order chi connectivity index (χ0) is 17.4. The minimum absolute atomic E-state index is 0.257. The van der Waals surface area contributed by atoms with Crippen molar-refractivity contribution in [1.82, 2.24) is 25.1 Å². The first-order chi connectivity index (χ1) is 12.1. The molecule has 124 valence electrons. The van der Waals surface area contributed by atoms with E-state index < -0.39 is 0 Å². The van der Waals surface area contributed by atoms with Crippen LogP contribution >= 0.6 is 0 Å². The van der Waals surface area contributed by atoms with Gasteiger partial charge >= 0.3 is 0 Å². The molecule has 7 heteroatoms. The fourth-order valence-electron chi connectivity index (χ4n) is 2.67. The number of carbonyl (C=O) groups is 1. The summed E-state index contributed by atoms with van der Waals surface area (Å²) in [6, 6.07) is 7.74. The lowest BCUT2D eigenvalue weighted by Gasteiger charge is -2.03. The molecule has 1 amide bonds. The topological polar surface area (TPSA) is 99.4 Å². The third-order valence-corrected chi connectivity index (χ3v) is 4.19. The third-order valence-electron chi connectivity index (χ3n) is 4.19. The van der Waals surface area contributed by atoms with Crippen LogP contribution in [0.25, 0.3) is 22.3 Å². The van der Waals surface area contributed by atoms with E-state index in [-0.39, 0.29) is 5.91 Å². The Hall–Kier alpha value is -3.48. The minimum Gasteiger partial charge on any atom is -0.339 e. The van der Waals surface area contributed by atoms with E-state index in [2.05, 4.69) is 30.5 Å². The van der Waals surface area contributed by atoms with Gasteiger partial charge in [0.25, 0.3) is 5.91 Å². The normalized spacial score (nSPS) is 11.0. The number of hydrogen-bond acceptors (Lipinski definition) is 4. The standard InChI is InChI=1S/C18H16N6O/c1-10-11(2)23-24-16(10)18(25)21-14-7-13-8-15(22-17(13)20-9-14)12-3-5-19-6-4-12/h3-9H,1-2H3,(H,20,22)(H,21,25)(H,23,24). The molecule has 0 atom stereocenters. The molecule has 7 nitrogen and oxygen atoms in total. The number of nitrogens with zero attached hydrogens (tertiary/aromatic N) is 3. The summed E-state index contributed by atoms with van der Waals surface area (Å²) in [6.07, 6.45) is 5.12. The number of rotatable bonds is 3. The molecule has 3 N–H and O–H groups in total. The smallest absolute Gasteiger partial charge is 0.276 e. The Balaban J connectivity index is 1.63. The largest absolute Gasteiger partial charge is 0.339 e. The van der Waals surface area contributed by atoms with Crippen LogP contribution in [0.5, 0.6) is 0 Å². The van der Waals surface area contributed by atoms with Crippen molar-refractivity contribution >= 4 is 22.6 Å². The van der Waals surface area contributed by atoms with Gasteiger partial charge in [0.1, 0.15) is 5.65 Å². The van der Waals surface area contributed by atoms with E-state index in [0.29, 0.717) is 11.4 Å². The number of carbonyl (C=O) groups excluding carboxylic acids is 1. The van der Waals surface area contributed by atoms with Gasteiger partial charge in [-0.25, -0.2) is 4.98 Å². The van der Waals surface area contributed by atoms with Crippen molar-refractivity contribution in [1.29, 1.82) is 0 Å². The van der Waals surface area contributed by atoms with Crippen molar-refractivity contribution < 1.29 is 4.79 Å². The fourth-order valence-corrected chi connectivity index (χ4v) is 2.67. The molecule has 0 aliphatic carbocycles. The predicted octanol–water partition coefficient (Wildman–Crippen LogP) is 3.22. The monoisotopic (exact) mass is 332 g/mol. The van der Waals surface area contributed by atoms with Gasteiger partial charge in [-0.05, 0) is 38.1 Å². The highest BCUT2D eigenvalue weighted by Gasteiger charge is 2.15. The number of fused-ring (bicyclic) bond motifs is 1. The van der Waals surface area contributed by atoms with Gasteiger partial charge in [-0.2, -0.15) is 5.10 Å². The molecule has 0 saturated carbocycles. The first-order valence-corrected chi connectivity index (χ1v) is 7.84. The first kappa shape index (κ1) is 15.1. The van der Waals surface area contributed by atoms with Gasteiger partial charge < -0.3 is 10.3 Å². The summed E-state index contributed by atoms with van der Waals surface area (Å²) in [5.41, 5.74) is 5.48. The number of H-pyrrole nitrogens is 2. The average Bonchev–Trinajstić information content (AvgIpc) is 3.19. The predicted molar refractivity (Wildman–Crippen MR) is 95.3 cm³/mol. The molecule has 0 aliphatic heterocycles. The summed E-state index contributed by atoms with van der Waals surface area (Å²) >= 11 is 0. The second-order valence-corrected chi connectivity index (χ2v) is 5.86. The first-order valence-electron chi connectivity index (χ1n) is 7.84. The number of aryl methyl sites for hydroxylation is 1. The zero-order valence-electron chi connectivity index (χ0n) is 13.8. The third kappa shape index (κ3) is 2.76. The van der Waals surface area contributed by atoms with Gasteiger partial charge in [0.15, 0.2) is 5.69 Å². The van der Waals surface area contributed by atoms with E-state index in [1.165, 1.54) is 0 Å². The Morgan fingerprint density at radius 1 is 1.16 bits per heavy atom. The van der Waals surface area contributed by atoms with Crippen LogP contribution in [0, 0.1) is 13.8 Å². The van der Waals surface area contributed by atoms with Gasteiger partial charge in [-0.3, -0.25) is 14.9 Å². The molecule has 0 fully saturated rings. The van der Waals surface area contributed by atoms with Crippen molar-refractivity contribution in [3.05, 3.63) is 59.8 Å². The summed E-state index contributed by atoms with van der Waals surface area (Å²) in [5.74, 6) is -0.257. The van der Waals surface area contributed by atoms with Crippen LogP contribution in [0.4, 0.5) is 5.69 Å². The van der Waals surface area contributed by atoms with Gasteiger partial charge in [0, 0.05) is 40.3 Å². The maximum absolute atomic E-state index is 12.4. The van der Waals surface area contributed by atoms with Crippen molar-refractivity contribution in [2.75, 3.05) is 5.32 Å². The van der Waals surface area contributed by atoms with Crippen LogP contribution in [-0.4, -0.2) is 31.1 Å². The molecule has 0 aromatic carbocycles. The Kier molecular flexibility index (Phi) is 3.53. The summed E-state index contributed by atoms with van der Waals surface area (Å²) in [5, 5.41) is 10.6. The number of pyridine rings is 2. The second kappa shape index (κ2) is 5.86. The van der Waals surface area contributed by atoms with Crippen molar-refractivity contribution in [3.63, 3.8) is 0 Å². The molecule has 0 unspecified atom stereocenters. The van der Waals surface area contributed by atoms with Crippen LogP contribution in [-0.2, 0) is 0 Å². The lowest BCUT2D eigenvalue weighted by molar-refractivity contribution is 0.102. The number of anilines is 1. The zero-order valence-corrected chi connectivity index (χ0v) is 13.8. The highest BCUT2D eigenvalue weighted by atomic mass is 16.1. The highest BCUT2D eigenvalue weighted by Crippen LogP contribution is 2.24. The van der Waals surface area contributed by atoms with E-state index in [4.69, 9.17) is 0 Å². The Bertz CT molecular complexity index is 1060. The van der Waals surface area contributed by atoms with Gasteiger partial charge in [0.2, 0.25) is 0 Å². The summed E-state index contributed by atoms with van der Waals surface area (Å²) in [6.45, 7) is 3.75. The summed E-state index contributed by atoms with van der Waals surface area (Å²) in [7, 11) is 0. The lowest BCUT2D eigenvalue weighted by atomic mass is 10.2. The van der Waals surface area contributed by atoms with Gasteiger partial charge in [0.05, 0.1) is 11.9 Å². The van der Waals surface area contributed by atoms with Gasteiger partial charge in [-0.1, -0.05) is 0 Å². The summed E-state index contributed by atoms with van der Waals surface area (Å²) in [4.78, 5) is 24.1. The molecule has 0 radical (unpaired) electrons. The van der Waals surface area contributed by atoms with Crippen molar-refractivity contribution in [2.45, 2.75) is 13.8 Å². The van der Waals surface area contributed by atoms with Crippen LogP contribution in [0.1, 0.15) is 21.7 Å². The van der Waals surface area contributed by atoms with E-state index >= 15 is 0 Å². The van der Waals surface area contributed by atoms with Crippen LogP contribution in [0.3, 0.4) is 0 Å². The minimum atomic E-state index is -0.257. The molecule has 4 heterocycles. The van der Waals surface area contributed by atoms with E-state index in [0.717, 1.165) is 33.5 Å². The highest BCUT2D eigenvalue weighted by molar-refractivity contribution is 6.04. The lowest BCUT2D eigenvalue weighted by Crippen LogP contribution is -2.13. The molecular formula is C18H16N6O. The van der Waals surface area contributed by atoms with Crippen LogP contribution in [0.2, 0.25) is 0 Å². The Morgan fingerprint density at radius 2 is 1.96 bits per heavy atom. The molecule has 0 saturated heterocycles. The molecular weight excluding hydrogens is 316 g/mol. The molecule has 0 aliphatic rings. The average molecular weight is 332 g/mol. The Morgan fingerprint density at radius 3 is 2.68 bits per heavy atom. The molecule has 0 spiro atoms. The molecule has 0 bridgehead atoms. The van der Waals surface area contributed by atoms with Gasteiger partial charge in [-0.15, -0.1) is 0 Å². The fraction of sp³-hybridized carbons (Fsp3) is 0.111. The van der Waals surface area contributed by atoms with E-state index in [1.807, 2.05) is 38.1 Å². The SMILES string of the molecule is Cc1[nH]nc(C(=O)Nc2cnc3[nH]c(-c4ccncc4)cc3c2)c1C. The number of amides is 1. The molecule has 4 aromatic heterocycles. The Labute approximate surface area is 143 Å². The molecule has 4 rings (SSSR count). The quantitative estimate of drug-likeness (QED) is 0.536. The van der Waals surface area contributed by atoms with Crippen LogP contribution < -0.4 is 5.32 Å². The maximum atomic E-state index is 12.4. The number of aromatic amines is 2. The second-order valence-electron chi connectivity index (χ2n) is 5.86. The van der Waals surface area contributed by atoms with Crippen LogP contribution in [0.15, 0.2) is 42.9 Å². The van der Waals surface area contributed by atoms with E-state index in [9.17, 15) is 4.79 Å². The number of nitrogens with one attached hydrogen (secondary N) is 3. The van der Waals surface area contributed by atoms with Crippen molar-refractivity contribution in [3.8, 4) is 11.3 Å². The molecule has 25 heavy (non-hydrogen) atoms. The maximum Gasteiger partial charge on any atom is 0.276 e. The van der Waals surface area contributed by atoms with E-state index in [1.54, 1.807) is 18.6 Å². The van der Waals surface area contributed by atoms with Crippen molar-refractivity contribution in [2.24, 2.45) is 0 Å².